The predicted molar refractivity (Wildman–Crippen MR) is 105 cm³/mol. The molecular formula is C21H37N3O3. The molecule has 0 spiro atoms. The third-order valence-corrected chi connectivity index (χ3v) is 6.61. The van der Waals surface area contributed by atoms with E-state index < -0.39 is 0 Å². The Morgan fingerprint density at radius 1 is 1.04 bits per heavy atom. The van der Waals surface area contributed by atoms with Gasteiger partial charge in [-0.05, 0) is 18.8 Å². The van der Waals surface area contributed by atoms with Gasteiger partial charge in [0.1, 0.15) is 0 Å². The number of hydrogen-bond acceptors (Lipinski definition) is 4. The number of rotatable bonds is 7. The minimum absolute atomic E-state index is 0.129. The van der Waals surface area contributed by atoms with Crippen molar-refractivity contribution < 1.29 is 14.3 Å². The molecule has 2 aliphatic heterocycles. The maximum atomic E-state index is 12.6. The van der Waals surface area contributed by atoms with E-state index in [1.54, 1.807) is 6.92 Å². The Hall–Kier alpha value is -1.14. The van der Waals surface area contributed by atoms with Crippen LogP contribution in [0.25, 0.3) is 0 Å². The molecule has 154 valence electrons. The van der Waals surface area contributed by atoms with E-state index in [0.717, 1.165) is 64.7 Å². The highest BCUT2D eigenvalue weighted by Crippen LogP contribution is 2.28. The Balaban J connectivity index is 1.42. The normalized spacial score (nSPS) is 24.9. The molecule has 3 fully saturated rings. The van der Waals surface area contributed by atoms with Crippen LogP contribution in [0.1, 0.15) is 58.3 Å². The molecule has 0 aromatic rings. The van der Waals surface area contributed by atoms with Gasteiger partial charge in [0, 0.05) is 52.6 Å². The van der Waals surface area contributed by atoms with Crippen molar-refractivity contribution in [3.8, 4) is 0 Å². The first kappa shape index (κ1) is 20.6. The zero-order valence-corrected chi connectivity index (χ0v) is 17.0. The third kappa shape index (κ3) is 6.18. The zero-order chi connectivity index (χ0) is 19.1. The summed E-state index contributed by atoms with van der Waals surface area (Å²) >= 11 is 0. The molecule has 3 rings (SSSR count). The SMILES string of the molecule is CC(=O)N(CCN1CCOCC1)C1CCN(C(=O)CCC2CCCCC2)C1. The Morgan fingerprint density at radius 3 is 2.48 bits per heavy atom. The molecule has 2 heterocycles. The van der Waals surface area contributed by atoms with Crippen molar-refractivity contribution in [1.82, 2.24) is 14.7 Å². The van der Waals surface area contributed by atoms with Gasteiger partial charge in [0.05, 0.1) is 19.3 Å². The van der Waals surface area contributed by atoms with E-state index in [1.807, 2.05) is 9.80 Å². The summed E-state index contributed by atoms with van der Waals surface area (Å²) in [4.78, 5) is 31.2. The van der Waals surface area contributed by atoms with Gasteiger partial charge in [-0.1, -0.05) is 32.1 Å². The smallest absolute Gasteiger partial charge is 0.222 e. The molecule has 0 radical (unpaired) electrons. The minimum atomic E-state index is 0.129. The molecule has 1 unspecified atom stereocenters. The number of ether oxygens (including phenoxy) is 1. The van der Waals surface area contributed by atoms with Gasteiger partial charge in [0.2, 0.25) is 11.8 Å². The van der Waals surface area contributed by atoms with Crippen LogP contribution in [0.2, 0.25) is 0 Å². The van der Waals surface area contributed by atoms with Gasteiger partial charge in [-0.3, -0.25) is 14.5 Å². The van der Waals surface area contributed by atoms with Gasteiger partial charge >= 0.3 is 0 Å². The molecular weight excluding hydrogens is 342 g/mol. The van der Waals surface area contributed by atoms with Crippen molar-refractivity contribution in [3.05, 3.63) is 0 Å². The molecule has 1 aliphatic carbocycles. The van der Waals surface area contributed by atoms with Gasteiger partial charge in [0.25, 0.3) is 0 Å². The maximum Gasteiger partial charge on any atom is 0.222 e. The molecule has 6 heteroatoms. The first-order chi connectivity index (χ1) is 13.1. The minimum Gasteiger partial charge on any atom is -0.379 e. The summed E-state index contributed by atoms with van der Waals surface area (Å²) in [6.07, 6.45) is 9.29. The van der Waals surface area contributed by atoms with Gasteiger partial charge in [0.15, 0.2) is 0 Å². The second kappa shape index (κ2) is 10.4. The van der Waals surface area contributed by atoms with E-state index in [-0.39, 0.29) is 11.9 Å². The summed E-state index contributed by atoms with van der Waals surface area (Å²) in [6, 6.07) is 0.183. The van der Waals surface area contributed by atoms with Gasteiger partial charge in [-0.15, -0.1) is 0 Å². The zero-order valence-electron chi connectivity index (χ0n) is 17.0. The fraction of sp³-hybridized carbons (Fsp3) is 0.905. The van der Waals surface area contributed by atoms with E-state index in [9.17, 15) is 9.59 Å². The van der Waals surface area contributed by atoms with E-state index in [0.29, 0.717) is 18.9 Å². The number of likely N-dealkylation sites (tertiary alicyclic amines) is 1. The fourth-order valence-electron chi connectivity index (χ4n) is 4.86. The Kier molecular flexibility index (Phi) is 7.94. The number of amides is 2. The number of carbonyl (C=O) groups is 2. The van der Waals surface area contributed by atoms with Crippen molar-refractivity contribution in [2.24, 2.45) is 5.92 Å². The lowest BCUT2D eigenvalue weighted by Gasteiger charge is -2.32. The van der Waals surface area contributed by atoms with Crippen molar-refractivity contribution in [1.29, 1.82) is 0 Å². The van der Waals surface area contributed by atoms with Crippen LogP contribution in [0, 0.1) is 5.92 Å². The van der Waals surface area contributed by atoms with Crippen LogP contribution in [0.5, 0.6) is 0 Å². The first-order valence-corrected chi connectivity index (χ1v) is 11.0. The van der Waals surface area contributed by atoms with Crippen LogP contribution >= 0.6 is 0 Å². The quantitative estimate of drug-likeness (QED) is 0.680. The number of nitrogens with zero attached hydrogens (tertiary/aromatic N) is 3. The Bertz CT molecular complexity index is 487. The molecule has 1 saturated carbocycles. The second-order valence-corrected chi connectivity index (χ2v) is 8.49. The molecule has 2 saturated heterocycles. The highest BCUT2D eigenvalue weighted by molar-refractivity contribution is 5.77. The molecule has 1 atom stereocenters. The van der Waals surface area contributed by atoms with Crippen LogP contribution in [0.4, 0.5) is 0 Å². The standard InChI is InChI=1S/C21H37N3O3/c1-18(25)24(12-11-22-13-15-27-16-14-22)20-9-10-23(17-20)21(26)8-7-19-5-3-2-4-6-19/h19-20H,2-17H2,1H3. The van der Waals surface area contributed by atoms with Crippen LogP contribution in [0.3, 0.4) is 0 Å². The first-order valence-electron chi connectivity index (χ1n) is 11.0. The number of morpholine rings is 1. The van der Waals surface area contributed by atoms with Gasteiger partial charge < -0.3 is 14.5 Å². The molecule has 0 N–H and O–H groups in total. The number of hydrogen-bond donors (Lipinski definition) is 0. The largest absolute Gasteiger partial charge is 0.379 e. The Morgan fingerprint density at radius 2 is 1.78 bits per heavy atom. The lowest BCUT2D eigenvalue weighted by Crippen LogP contribution is -2.47. The Labute approximate surface area is 164 Å². The van der Waals surface area contributed by atoms with Gasteiger partial charge in [-0.2, -0.15) is 0 Å². The summed E-state index contributed by atoms with van der Waals surface area (Å²) in [5, 5.41) is 0. The highest BCUT2D eigenvalue weighted by atomic mass is 16.5. The second-order valence-electron chi connectivity index (χ2n) is 8.49. The van der Waals surface area contributed by atoms with Crippen molar-refractivity contribution in [3.63, 3.8) is 0 Å². The molecule has 3 aliphatic rings. The van der Waals surface area contributed by atoms with Crippen LogP contribution < -0.4 is 0 Å². The fourth-order valence-corrected chi connectivity index (χ4v) is 4.86. The van der Waals surface area contributed by atoms with Crippen molar-refractivity contribution in [2.75, 3.05) is 52.5 Å². The highest BCUT2D eigenvalue weighted by Gasteiger charge is 2.32. The average Bonchev–Trinajstić information content (AvgIpc) is 3.17. The number of carbonyl (C=O) groups excluding carboxylic acids is 2. The molecule has 6 nitrogen and oxygen atoms in total. The van der Waals surface area contributed by atoms with E-state index in [1.165, 1.54) is 32.1 Å². The predicted octanol–water partition coefficient (Wildman–Crippen LogP) is 2.13. The van der Waals surface area contributed by atoms with Gasteiger partial charge in [-0.25, -0.2) is 0 Å². The topological polar surface area (TPSA) is 53.1 Å². The lowest BCUT2D eigenvalue weighted by molar-refractivity contribution is -0.134. The van der Waals surface area contributed by atoms with Crippen LogP contribution in [-0.2, 0) is 14.3 Å². The summed E-state index contributed by atoms with van der Waals surface area (Å²) in [7, 11) is 0. The van der Waals surface area contributed by atoms with E-state index in [2.05, 4.69) is 4.90 Å². The van der Waals surface area contributed by atoms with E-state index in [4.69, 9.17) is 4.74 Å². The molecule has 2 amide bonds. The molecule has 0 bridgehead atoms. The average molecular weight is 380 g/mol. The summed E-state index contributed by atoms with van der Waals surface area (Å²) in [5.41, 5.74) is 0. The monoisotopic (exact) mass is 379 g/mol. The molecule has 0 aromatic heterocycles. The van der Waals surface area contributed by atoms with Crippen molar-refractivity contribution in [2.45, 2.75) is 64.3 Å². The lowest BCUT2D eigenvalue weighted by atomic mass is 9.86. The summed E-state index contributed by atoms with van der Waals surface area (Å²) in [5.74, 6) is 1.17. The third-order valence-electron chi connectivity index (χ3n) is 6.61. The summed E-state index contributed by atoms with van der Waals surface area (Å²) < 4.78 is 5.39. The maximum absolute atomic E-state index is 12.6. The molecule has 27 heavy (non-hydrogen) atoms. The van der Waals surface area contributed by atoms with Crippen LogP contribution in [0.15, 0.2) is 0 Å². The summed E-state index contributed by atoms with van der Waals surface area (Å²) in [6.45, 7) is 8.29. The van der Waals surface area contributed by atoms with E-state index >= 15 is 0 Å². The van der Waals surface area contributed by atoms with Crippen molar-refractivity contribution >= 4 is 11.8 Å². The molecule has 0 aromatic carbocycles. The van der Waals surface area contributed by atoms with Crippen LogP contribution in [-0.4, -0.2) is 85.0 Å².